The monoisotopic (exact) mass is 357 g/mol. The second kappa shape index (κ2) is 7.04. The van der Waals surface area contributed by atoms with Crippen molar-refractivity contribution in [1.29, 1.82) is 0 Å². The second-order valence-corrected chi connectivity index (χ2v) is 7.83. The Morgan fingerprint density at radius 3 is 2.76 bits per heavy atom. The molecule has 1 N–H and O–H groups in total. The molecule has 0 radical (unpaired) electrons. The van der Waals surface area contributed by atoms with Crippen molar-refractivity contribution in [2.45, 2.75) is 51.2 Å². The van der Waals surface area contributed by atoms with Gasteiger partial charge < -0.3 is 5.32 Å². The van der Waals surface area contributed by atoms with Crippen LogP contribution in [0.4, 0.5) is 5.69 Å². The van der Waals surface area contributed by atoms with Gasteiger partial charge in [-0.1, -0.05) is 31.7 Å². The van der Waals surface area contributed by atoms with Gasteiger partial charge in [-0.2, -0.15) is 0 Å². The van der Waals surface area contributed by atoms with Gasteiger partial charge in [0.15, 0.2) is 5.16 Å². The first-order valence-corrected chi connectivity index (χ1v) is 9.47. The van der Waals surface area contributed by atoms with Crippen molar-refractivity contribution in [1.82, 2.24) is 9.55 Å². The Morgan fingerprint density at radius 2 is 2.08 bits per heavy atom. The molecule has 2 heterocycles. The first-order valence-electron chi connectivity index (χ1n) is 8.48. The van der Waals surface area contributed by atoms with E-state index in [1.54, 1.807) is 22.4 Å². The number of nitrogens with zero attached hydrogens (tertiary/aromatic N) is 2. The van der Waals surface area contributed by atoms with Crippen LogP contribution in [0.1, 0.15) is 49.0 Å². The SMILES string of the molecule is Cc1ccc(NC(=O)CC2CSc3nc(C(C)C)cc(=O)n32)cc1C. The van der Waals surface area contributed by atoms with Crippen LogP contribution >= 0.6 is 11.8 Å². The molecule has 1 aromatic heterocycles. The fourth-order valence-electron chi connectivity index (χ4n) is 2.86. The average molecular weight is 357 g/mol. The van der Waals surface area contributed by atoms with Crippen molar-refractivity contribution < 1.29 is 4.79 Å². The molecule has 1 aromatic carbocycles. The number of fused-ring (bicyclic) bond motifs is 1. The number of anilines is 1. The van der Waals surface area contributed by atoms with Gasteiger partial charge in [0, 0.05) is 23.9 Å². The van der Waals surface area contributed by atoms with Gasteiger partial charge in [0.25, 0.3) is 5.56 Å². The van der Waals surface area contributed by atoms with Crippen LogP contribution in [0.25, 0.3) is 0 Å². The number of carbonyl (C=O) groups excluding carboxylic acids is 1. The number of aromatic nitrogens is 2. The molecule has 0 fully saturated rings. The van der Waals surface area contributed by atoms with E-state index in [2.05, 4.69) is 10.3 Å². The van der Waals surface area contributed by atoms with E-state index in [-0.39, 0.29) is 29.8 Å². The Hall–Kier alpha value is -2.08. The summed E-state index contributed by atoms with van der Waals surface area (Å²) in [6.07, 6.45) is 0.273. The molecular formula is C19H23N3O2S. The van der Waals surface area contributed by atoms with Gasteiger partial charge in [-0.05, 0) is 43.0 Å². The van der Waals surface area contributed by atoms with Gasteiger partial charge in [-0.15, -0.1) is 0 Å². The van der Waals surface area contributed by atoms with E-state index in [0.717, 1.165) is 22.1 Å². The molecule has 0 spiro atoms. The van der Waals surface area contributed by atoms with Gasteiger partial charge in [0.05, 0.1) is 11.7 Å². The molecule has 0 aliphatic carbocycles. The van der Waals surface area contributed by atoms with E-state index >= 15 is 0 Å². The quantitative estimate of drug-likeness (QED) is 0.848. The lowest BCUT2D eigenvalue weighted by atomic mass is 10.1. The number of carbonyl (C=O) groups is 1. The summed E-state index contributed by atoms with van der Waals surface area (Å²) in [6, 6.07) is 7.31. The highest BCUT2D eigenvalue weighted by molar-refractivity contribution is 7.99. The number of thioether (sulfide) groups is 1. The summed E-state index contributed by atoms with van der Waals surface area (Å²) in [7, 11) is 0. The third kappa shape index (κ3) is 3.79. The van der Waals surface area contributed by atoms with E-state index in [1.165, 1.54) is 5.56 Å². The molecular weight excluding hydrogens is 334 g/mol. The minimum absolute atomic E-state index is 0.0670. The van der Waals surface area contributed by atoms with Gasteiger partial charge in [-0.25, -0.2) is 4.98 Å². The van der Waals surface area contributed by atoms with Gasteiger partial charge >= 0.3 is 0 Å². The summed E-state index contributed by atoms with van der Waals surface area (Å²) in [5.41, 5.74) is 3.87. The second-order valence-electron chi connectivity index (χ2n) is 6.84. The molecule has 5 nitrogen and oxygen atoms in total. The molecule has 1 atom stereocenters. The van der Waals surface area contributed by atoms with Crippen molar-refractivity contribution in [2.75, 3.05) is 11.1 Å². The number of nitrogens with one attached hydrogen (secondary N) is 1. The maximum Gasteiger partial charge on any atom is 0.254 e. The summed E-state index contributed by atoms with van der Waals surface area (Å²) < 4.78 is 1.66. The Morgan fingerprint density at radius 1 is 1.32 bits per heavy atom. The van der Waals surface area contributed by atoms with Crippen molar-refractivity contribution in [3.63, 3.8) is 0 Å². The van der Waals surface area contributed by atoms with Crippen molar-refractivity contribution in [3.05, 3.63) is 51.4 Å². The van der Waals surface area contributed by atoms with Crippen LogP contribution in [0, 0.1) is 13.8 Å². The maximum atomic E-state index is 12.4. The average Bonchev–Trinajstić information content (AvgIpc) is 2.94. The highest BCUT2D eigenvalue weighted by Crippen LogP contribution is 2.33. The summed E-state index contributed by atoms with van der Waals surface area (Å²) in [4.78, 5) is 29.4. The first kappa shape index (κ1) is 17.7. The molecule has 1 amide bonds. The fourth-order valence-corrected chi connectivity index (χ4v) is 4.02. The molecule has 0 saturated heterocycles. The van der Waals surface area contributed by atoms with E-state index < -0.39 is 0 Å². The molecule has 3 rings (SSSR count). The lowest BCUT2D eigenvalue weighted by Crippen LogP contribution is -2.28. The highest BCUT2D eigenvalue weighted by Gasteiger charge is 2.28. The predicted molar refractivity (Wildman–Crippen MR) is 102 cm³/mol. The standard InChI is InChI=1S/C19H23N3O2S/c1-11(2)16-9-18(24)22-15(10-25-19(22)21-16)8-17(23)20-14-6-5-12(3)13(4)7-14/h5-7,9,11,15H,8,10H2,1-4H3,(H,20,23). The van der Waals surface area contributed by atoms with E-state index in [1.807, 2.05) is 45.9 Å². The lowest BCUT2D eigenvalue weighted by Gasteiger charge is -2.14. The molecule has 0 saturated carbocycles. The Labute approximate surface area is 151 Å². The summed E-state index contributed by atoms with van der Waals surface area (Å²) in [5, 5.41) is 3.66. The zero-order chi connectivity index (χ0) is 18.1. The van der Waals surface area contributed by atoms with E-state index in [9.17, 15) is 9.59 Å². The predicted octanol–water partition coefficient (Wildman–Crippen LogP) is 3.66. The Bertz CT molecular complexity index is 873. The largest absolute Gasteiger partial charge is 0.326 e. The van der Waals surface area contributed by atoms with Crippen LogP contribution in [0.2, 0.25) is 0 Å². The molecule has 6 heteroatoms. The smallest absolute Gasteiger partial charge is 0.254 e. The molecule has 1 aliphatic heterocycles. The number of rotatable bonds is 4. The molecule has 0 bridgehead atoms. The van der Waals surface area contributed by atoms with Crippen LogP contribution in [0.5, 0.6) is 0 Å². The third-order valence-electron chi connectivity index (χ3n) is 4.51. The summed E-state index contributed by atoms with van der Waals surface area (Å²) in [5.74, 6) is 0.831. The van der Waals surface area contributed by atoms with Gasteiger partial charge in [0.1, 0.15) is 0 Å². The number of hydrogen-bond donors (Lipinski definition) is 1. The topological polar surface area (TPSA) is 64.0 Å². The van der Waals surface area contributed by atoms with Crippen LogP contribution in [-0.2, 0) is 4.79 Å². The summed E-state index contributed by atoms with van der Waals surface area (Å²) >= 11 is 1.55. The van der Waals surface area contributed by atoms with E-state index in [4.69, 9.17) is 0 Å². The van der Waals surface area contributed by atoms with Crippen LogP contribution in [-0.4, -0.2) is 21.2 Å². The minimum atomic E-state index is -0.146. The van der Waals surface area contributed by atoms with E-state index in [0.29, 0.717) is 5.75 Å². The normalized spacial score (nSPS) is 16.1. The lowest BCUT2D eigenvalue weighted by molar-refractivity contribution is -0.116. The van der Waals surface area contributed by atoms with Crippen LogP contribution in [0.15, 0.2) is 34.2 Å². The number of amides is 1. The zero-order valence-electron chi connectivity index (χ0n) is 15.0. The van der Waals surface area contributed by atoms with Crippen molar-refractivity contribution in [2.24, 2.45) is 0 Å². The zero-order valence-corrected chi connectivity index (χ0v) is 15.8. The maximum absolute atomic E-state index is 12.4. The minimum Gasteiger partial charge on any atom is -0.326 e. The molecule has 2 aromatic rings. The Balaban J connectivity index is 1.74. The molecule has 132 valence electrons. The number of hydrogen-bond acceptors (Lipinski definition) is 4. The highest BCUT2D eigenvalue weighted by atomic mass is 32.2. The van der Waals surface area contributed by atoms with Crippen LogP contribution < -0.4 is 10.9 Å². The first-order chi connectivity index (χ1) is 11.8. The number of benzene rings is 1. The van der Waals surface area contributed by atoms with Crippen molar-refractivity contribution in [3.8, 4) is 0 Å². The summed E-state index contributed by atoms with van der Waals surface area (Å²) in [6.45, 7) is 8.10. The van der Waals surface area contributed by atoms with Gasteiger partial charge in [-0.3, -0.25) is 14.2 Å². The number of aryl methyl sites for hydroxylation is 2. The molecule has 1 unspecified atom stereocenters. The Kier molecular flexibility index (Phi) is 4.99. The molecule has 1 aliphatic rings. The third-order valence-corrected chi connectivity index (χ3v) is 5.61. The van der Waals surface area contributed by atoms with Crippen molar-refractivity contribution >= 4 is 23.4 Å². The fraction of sp³-hybridized carbons (Fsp3) is 0.421. The molecule has 25 heavy (non-hydrogen) atoms. The van der Waals surface area contributed by atoms with Crippen LogP contribution in [0.3, 0.4) is 0 Å². The van der Waals surface area contributed by atoms with Gasteiger partial charge in [0.2, 0.25) is 5.91 Å².